The van der Waals surface area contributed by atoms with E-state index < -0.39 is 34.4 Å². The summed E-state index contributed by atoms with van der Waals surface area (Å²) in [5.41, 5.74) is 5.66. The molecule has 2 rings (SSSR count). The molecule has 1 aromatic heterocycles. The van der Waals surface area contributed by atoms with Crippen molar-refractivity contribution in [2.75, 3.05) is 12.3 Å². The van der Waals surface area contributed by atoms with Crippen LogP contribution < -0.4 is 11.1 Å². The molecule has 1 saturated heterocycles. The van der Waals surface area contributed by atoms with Crippen LogP contribution in [0.1, 0.15) is 13.3 Å². The van der Waals surface area contributed by atoms with E-state index in [0.29, 0.717) is 0 Å². The van der Waals surface area contributed by atoms with Crippen LogP contribution in [0.25, 0.3) is 0 Å². The summed E-state index contributed by atoms with van der Waals surface area (Å²) in [4.78, 5) is 26.7. The van der Waals surface area contributed by atoms with Crippen molar-refractivity contribution in [3.8, 4) is 0 Å². The van der Waals surface area contributed by atoms with E-state index in [1.54, 1.807) is 6.92 Å². The molecule has 1 unspecified atom stereocenters. The second kappa shape index (κ2) is 5.17. The summed E-state index contributed by atoms with van der Waals surface area (Å²) in [6.45, 7) is 1.25. The molecule has 0 bridgehead atoms. The van der Waals surface area contributed by atoms with E-state index in [4.69, 9.17) is 5.73 Å². The molecule has 0 radical (unpaired) electrons. The molecule has 1 fully saturated rings. The van der Waals surface area contributed by atoms with Crippen LogP contribution in [-0.2, 0) is 19.6 Å². The summed E-state index contributed by atoms with van der Waals surface area (Å²) in [5.74, 6) is -1.29. The van der Waals surface area contributed by atoms with Gasteiger partial charge in [0.05, 0.1) is 12.2 Å². The van der Waals surface area contributed by atoms with Gasteiger partial charge in [-0.3, -0.25) is 19.9 Å². The predicted octanol–water partition coefficient (Wildman–Crippen LogP) is -0.910. The van der Waals surface area contributed by atoms with Gasteiger partial charge in [0.2, 0.25) is 21.8 Å². The van der Waals surface area contributed by atoms with Gasteiger partial charge >= 0.3 is 0 Å². The quantitative estimate of drug-likeness (QED) is 0.696. The first-order valence-electron chi connectivity index (χ1n) is 5.93. The normalized spacial score (nSPS) is 20.8. The Kier molecular flexibility index (Phi) is 3.73. The van der Waals surface area contributed by atoms with Crippen LogP contribution in [-0.4, -0.2) is 42.1 Å². The zero-order valence-electron chi connectivity index (χ0n) is 10.7. The van der Waals surface area contributed by atoms with Crippen LogP contribution in [0.15, 0.2) is 23.4 Å². The Morgan fingerprint density at radius 2 is 2.20 bits per heavy atom. The summed E-state index contributed by atoms with van der Waals surface area (Å²) in [7, 11) is -4.06. The van der Waals surface area contributed by atoms with Crippen LogP contribution in [0.5, 0.6) is 0 Å². The Labute approximate surface area is 116 Å². The van der Waals surface area contributed by atoms with Crippen LogP contribution in [0.3, 0.4) is 0 Å². The van der Waals surface area contributed by atoms with Gasteiger partial charge in [-0.2, -0.15) is 4.31 Å². The number of carbonyl (C=O) groups is 2. The number of pyridine rings is 1. The summed E-state index contributed by atoms with van der Waals surface area (Å²) in [6.07, 6.45) is 2.71. The molecular weight excluding hydrogens is 284 g/mol. The molecule has 1 aliphatic rings. The first kappa shape index (κ1) is 14.4. The monoisotopic (exact) mass is 298 g/mol. The molecule has 0 aliphatic carbocycles. The average molecular weight is 298 g/mol. The van der Waals surface area contributed by atoms with E-state index in [-0.39, 0.29) is 17.0 Å². The number of nitrogen functional groups attached to an aromatic ring is 1. The third kappa shape index (κ3) is 2.37. The fourth-order valence-corrected chi connectivity index (χ4v) is 3.70. The number of carbonyl (C=O) groups excluding carboxylic acids is 2. The van der Waals surface area contributed by atoms with Gasteiger partial charge in [0.1, 0.15) is 10.9 Å². The van der Waals surface area contributed by atoms with Crippen LogP contribution in [0, 0.1) is 0 Å². The SMILES string of the molecule is CCC1C(=O)NC(=O)CN1S(=O)(=O)c1cnccc1N. The minimum absolute atomic E-state index is 0.0216. The van der Waals surface area contributed by atoms with Gasteiger partial charge in [-0.15, -0.1) is 0 Å². The molecule has 2 heterocycles. The first-order chi connectivity index (χ1) is 9.37. The fourth-order valence-electron chi connectivity index (χ4n) is 2.02. The van der Waals surface area contributed by atoms with E-state index in [1.807, 2.05) is 0 Å². The number of rotatable bonds is 3. The molecule has 1 aromatic rings. The minimum Gasteiger partial charge on any atom is -0.398 e. The summed E-state index contributed by atoms with van der Waals surface area (Å²) in [6, 6.07) is 0.414. The van der Waals surface area contributed by atoms with Gasteiger partial charge in [-0.1, -0.05) is 6.92 Å². The van der Waals surface area contributed by atoms with Crippen LogP contribution in [0.4, 0.5) is 5.69 Å². The van der Waals surface area contributed by atoms with Gasteiger partial charge < -0.3 is 5.73 Å². The number of amides is 2. The second-order valence-electron chi connectivity index (χ2n) is 4.30. The number of nitrogens with two attached hydrogens (primary N) is 1. The Bertz CT molecular complexity index is 658. The molecule has 1 aliphatic heterocycles. The lowest BCUT2D eigenvalue weighted by molar-refractivity contribution is -0.137. The lowest BCUT2D eigenvalue weighted by Crippen LogP contribution is -2.59. The molecule has 8 nitrogen and oxygen atoms in total. The second-order valence-corrected chi connectivity index (χ2v) is 6.16. The third-order valence-corrected chi connectivity index (χ3v) is 4.90. The maximum atomic E-state index is 12.5. The molecule has 108 valence electrons. The largest absolute Gasteiger partial charge is 0.398 e. The summed E-state index contributed by atoms with van der Waals surface area (Å²) in [5, 5.41) is 2.12. The highest BCUT2D eigenvalue weighted by Gasteiger charge is 2.41. The van der Waals surface area contributed by atoms with Crippen molar-refractivity contribution < 1.29 is 18.0 Å². The van der Waals surface area contributed by atoms with Crippen molar-refractivity contribution in [2.45, 2.75) is 24.3 Å². The number of hydrogen-bond acceptors (Lipinski definition) is 6. The Hall–Kier alpha value is -2.00. The number of hydrogen-bond donors (Lipinski definition) is 2. The Balaban J connectivity index is 2.49. The molecule has 0 aromatic carbocycles. The van der Waals surface area contributed by atoms with Crippen molar-refractivity contribution >= 4 is 27.5 Å². The molecule has 3 N–H and O–H groups in total. The molecule has 9 heteroatoms. The predicted molar refractivity (Wildman–Crippen MR) is 69.8 cm³/mol. The first-order valence-corrected chi connectivity index (χ1v) is 7.37. The number of piperazine rings is 1. The number of sulfonamides is 1. The topological polar surface area (TPSA) is 122 Å². The van der Waals surface area contributed by atoms with Crippen molar-refractivity contribution in [3.05, 3.63) is 18.5 Å². The smallest absolute Gasteiger partial charge is 0.247 e. The molecule has 20 heavy (non-hydrogen) atoms. The molecule has 2 amide bonds. The molecule has 0 spiro atoms. The lowest BCUT2D eigenvalue weighted by atomic mass is 10.2. The van der Waals surface area contributed by atoms with Crippen molar-refractivity contribution in [1.82, 2.24) is 14.6 Å². The van der Waals surface area contributed by atoms with Crippen molar-refractivity contribution in [2.24, 2.45) is 0 Å². The zero-order valence-corrected chi connectivity index (χ0v) is 11.6. The van der Waals surface area contributed by atoms with Crippen molar-refractivity contribution in [3.63, 3.8) is 0 Å². The van der Waals surface area contributed by atoms with Gasteiger partial charge in [0.15, 0.2) is 0 Å². The summed E-state index contributed by atoms with van der Waals surface area (Å²) < 4.78 is 25.9. The molecular formula is C11H14N4O4S. The van der Waals surface area contributed by atoms with E-state index >= 15 is 0 Å². The summed E-state index contributed by atoms with van der Waals surface area (Å²) >= 11 is 0. The molecule has 1 atom stereocenters. The van der Waals surface area contributed by atoms with Gasteiger partial charge in [0.25, 0.3) is 0 Å². The number of anilines is 1. The highest BCUT2D eigenvalue weighted by Crippen LogP contribution is 2.24. The number of aromatic nitrogens is 1. The maximum Gasteiger partial charge on any atom is 0.247 e. The maximum absolute atomic E-state index is 12.5. The highest BCUT2D eigenvalue weighted by atomic mass is 32.2. The van der Waals surface area contributed by atoms with E-state index in [2.05, 4.69) is 10.3 Å². The van der Waals surface area contributed by atoms with Gasteiger partial charge in [-0.05, 0) is 12.5 Å². The van der Waals surface area contributed by atoms with Crippen LogP contribution in [0.2, 0.25) is 0 Å². The number of nitrogens with one attached hydrogen (secondary N) is 1. The minimum atomic E-state index is -4.06. The zero-order chi connectivity index (χ0) is 14.9. The van der Waals surface area contributed by atoms with E-state index in [9.17, 15) is 18.0 Å². The van der Waals surface area contributed by atoms with Crippen LogP contribution >= 0.6 is 0 Å². The highest BCUT2D eigenvalue weighted by molar-refractivity contribution is 7.89. The van der Waals surface area contributed by atoms with Gasteiger partial charge in [0, 0.05) is 12.4 Å². The Morgan fingerprint density at radius 1 is 1.50 bits per heavy atom. The van der Waals surface area contributed by atoms with Gasteiger partial charge in [-0.25, -0.2) is 8.42 Å². The third-order valence-electron chi connectivity index (χ3n) is 3.00. The average Bonchev–Trinajstić information content (AvgIpc) is 2.38. The number of imide groups is 1. The fraction of sp³-hybridized carbons (Fsp3) is 0.364. The molecule has 0 saturated carbocycles. The van der Waals surface area contributed by atoms with E-state index in [1.165, 1.54) is 12.3 Å². The Morgan fingerprint density at radius 3 is 2.80 bits per heavy atom. The number of nitrogens with zero attached hydrogens (tertiary/aromatic N) is 2. The standard InChI is InChI=1S/C11H14N4O4S/c1-2-8-11(17)14-10(16)6-15(8)20(18,19)9-5-13-4-3-7(9)12/h3-5,8H,2,6H2,1H3,(H2,12,13)(H,14,16,17). The van der Waals surface area contributed by atoms with E-state index in [0.717, 1.165) is 10.5 Å². The lowest BCUT2D eigenvalue weighted by Gasteiger charge is -2.32. The van der Waals surface area contributed by atoms with Crippen molar-refractivity contribution in [1.29, 1.82) is 0 Å².